The van der Waals surface area contributed by atoms with Crippen LogP contribution in [-0.4, -0.2) is 56.2 Å². The van der Waals surface area contributed by atoms with Crippen LogP contribution in [0.4, 0.5) is 13.9 Å². The lowest BCUT2D eigenvalue weighted by atomic mass is 10.1. The lowest BCUT2D eigenvalue weighted by molar-refractivity contribution is 0.0983. The standard InChI is InChI=1S/C22H25F2N3O3S/c1-5-26(6-2)9-10-27(21(28)14-7-8-17(29-3)18(11-14)30-4)22-25-20-16(24)12-15(23)13-19(20)31-22/h7-8,11-13H,5-6,9-10H2,1-4H3. The summed E-state index contributed by atoms with van der Waals surface area (Å²) in [5.41, 5.74) is 0.428. The Hall–Kier alpha value is -2.78. The van der Waals surface area contributed by atoms with Gasteiger partial charge in [-0.3, -0.25) is 9.69 Å². The summed E-state index contributed by atoms with van der Waals surface area (Å²) in [6.07, 6.45) is 0. The monoisotopic (exact) mass is 449 g/mol. The van der Waals surface area contributed by atoms with Gasteiger partial charge in [0, 0.05) is 24.7 Å². The zero-order chi connectivity index (χ0) is 22.5. The van der Waals surface area contributed by atoms with Crippen molar-refractivity contribution < 1.29 is 23.0 Å². The number of halogens is 2. The van der Waals surface area contributed by atoms with Gasteiger partial charge in [-0.15, -0.1) is 0 Å². The molecule has 0 bridgehead atoms. The highest BCUT2D eigenvalue weighted by molar-refractivity contribution is 7.22. The number of hydrogen-bond donors (Lipinski definition) is 0. The summed E-state index contributed by atoms with van der Waals surface area (Å²) in [6, 6.07) is 6.91. The molecule has 1 amide bonds. The second-order valence-electron chi connectivity index (χ2n) is 6.78. The Morgan fingerprint density at radius 3 is 2.39 bits per heavy atom. The third kappa shape index (κ3) is 4.94. The van der Waals surface area contributed by atoms with Crippen molar-refractivity contribution in [1.82, 2.24) is 9.88 Å². The van der Waals surface area contributed by atoms with E-state index in [1.807, 2.05) is 13.8 Å². The van der Waals surface area contributed by atoms with Crippen LogP contribution in [0.15, 0.2) is 30.3 Å². The number of nitrogens with zero attached hydrogens (tertiary/aromatic N) is 3. The molecule has 0 radical (unpaired) electrons. The molecule has 0 atom stereocenters. The minimum Gasteiger partial charge on any atom is -0.493 e. The molecule has 3 aromatic rings. The molecule has 2 aromatic carbocycles. The largest absolute Gasteiger partial charge is 0.493 e. The van der Waals surface area contributed by atoms with Crippen LogP contribution < -0.4 is 14.4 Å². The van der Waals surface area contributed by atoms with E-state index in [-0.39, 0.29) is 11.4 Å². The third-order valence-corrected chi connectivity index (χ3v) is 6.07. The Balaban J connectivity index is 2.02. The number of rotatable bonds is 9. The van der Waals surface area contributed by atoms with Crippen molar-refractivity contribution in [2.45, 2.75) is 13.8 Å². The molecular weight excluding hydrogens is 424 g/mol. The summed E-state index contributed by atoms with van der Waals surface area (Å²) in [5.74, 6) is -0.811. The van der Waals surface area contributed by atoms with Gasteiger partial charge in [0.25, 0.3) is 5.91 Å². The number of methoxy groups -OCH3 is 2. The molecule has 6 nitrogen and oxygen atoms in total. The SMILES string of the molecule is CCN(CC)CCN(C(=O)c1ccc(OC)c(OC)c1)c1nc2c(F)cc(F)cc2s1. The van der Waals surface area contributed by atoms with Gasteiger partial charge in [0.05, 0.1) is 18.9 Å². The first-order chi connectivity index (χ1) is 14.9. The lowest BCUT2D eigenvalue weighted by Gasteiger charge is -2.25. The molecular formula is C22H25F2N3O3S. The number of amides is 1. The fraction of sp³-hybridized carbons (Fsp3) is 0.364. The summed E-state index contributed by atoms with van der Waals surface area (Å²) >= 11 is 1.08. The number of hydrogen-bond acceptors (Lipinski definition) is 6. The van der Waals surface area contributed by atoms with Crippen molar-refractivity contribution in [2.75, 3.05) is 45.3 Å². The molecule has 0 fully saturated rings. The number of aromatic nitrogens is 1. The van der Waals surface area contributed by atoms with Crippen molar-refractivity contribution in [3.05, 3.63) is 47.5 Å². The van der Waals surface area contributed by atoms with Crippen LogP contribution in [0, 0.1) is 11.6 Å². The van der Waals surface area contributed by atoms with Crippen molar-refractivity contribution >= 4 is 32.6 Å². The summed E-state index contributed by atoms with van der Waals surface area (Å²) < 4.78 is 38.8. The van der Waals surface area contributed by atoms with E-state index in [1.165, 1.54) is 25.2 Å². The van der Waals surface area contributed by atoms with Gasteiger partial charge in [-0.25, -0.2) is 13.8 Å². The maximum atomic E-state index is 14.2. The van der Waals surface area contributed by atoms with E-state index in [0.717, 1.165) is 30.5 Å². The Morgan fingerprint density at radius 2 is 1.74 bits per heavy atom. The molecule has 9 heteroatoms. The van der Waals surface area contributed by atoms with Crippen molar-refractivity contribution in [2.24, 2.45) is 0 Å². The van der Waals surface area contributed by atoms with Gasteiger partial charge in [0.2, 0.25) is 0 Å². The average Bonchev–Trinajstić information content (AvgIpc) is 3.19. The fourth-order valence-electron chi connectivity index (χ4n) is 3.25. The number of carbonyl (C=O) groups is 1. The van der Waals surface area contributed by atoms with Crippen molar-refractivity contribution in [1.29, 1.82) is 0 Å². The molecule has 3 rings (SSSR count). The van der Waals surface area contributed by atoms with E-state index >= 15 is 0 Å². The normalized spacial score (nSPS) is 11.2. The minimum absolute atomic E-state index is 0.0503. The van der Waals surface area contributed by atoms with Gasteiger partial charge < -0.3 is 14.4 Å². The summed E-state index contributed by atoms with van der Waals surface area (Å²) in [6.45, 7) is 6.69. The Bertz CT molecular complexity index is 1070. The second-order valence-corrected chi connectivity index (χ2v) is 7.79. The highest BCUT2D eigenvalue weighted by atomic mass is 32.1. The van der Waals surface area contributed by atoms with Crippen LogP contribution in [0.5, 0.6) is 11.5 Å². The van der Waals surface area contributed by atoms with Crippen molar-refractivity contribution in [3.63, 3.8) is 0 Å². The number of ether oxygens (including phenoxy) is 2. The number of carbonyl (C=O) groups excluding carboxylic acids is 1. The molecule has 0 aliphatic rings. The van der Waals surface area contributed by atoms with E-state index in [4.69, 9.17) is 9.47 Å². The number of benzene rings is 2. The summed E-state index contributed by atoms with van der Waals surface area (Å²) in [4.78, 5) is 21.4. The first-order valence-electron chi connectivity index (χ1n) is 9.93. The van der Waals surface area contributed by atoms with Crippen LogP contribution in [0.2, 0.25) is 0 Å². The first kappa shape index (κ1) is 22.9. The quantitative estimate of drug-likeness (QED) is 0.479. The molecule has 166 valence electrons. The number of likely N-dealkylation sites (N-methyl/N-ethyl adjacent to an activating group) is 1. The Labute approximate surface area is 184 Å². The molecule has 31 heavy (non-hydrogen) atoms. The van der Waals surface area contributed by atoms with Crippen LogP contribution in [-0.2, 0) is 0 Å². The first-order valence-corrected chi connectivity index (χ1v) is 10.7. The predicted octanol–water partition coefficient (Wildman–Crippen LogP) is 4.58. The van der Waals surface area contributed by atoms with E-state index in [0.29, 0.717) is 40.0 Å². The Kier molecular flexibility index (Phi) is 7.40. The van der Waals surface area contributed by atoms with Gasteiger partial charge >= 0.3 is 0 Å². The molecule has 0 unspecified atom stereocenters. The highest BCUT2D eigenvalue weighted by Crippen LogP contribution is 2.33. The Morgan fingerprint density at radius 1 is 1.03 bits per heavy atom. The minimum atomic E-state index is -0.750. The fourth-order valence-corrected chi connectivity index (χ4v) is 4.28. The van der Waals surface area contributed by atoms with Gasteiger partial charge in [-0.2, -0.15) is 0 Å². The zero-order valence-corrected chi connectivity index (χ0v) is 18.8. The van der Waals surface area contributed by atoms with Gasteiger partial charge in [-0.1, -0.05) is 25.2 Å². The predicted molar refractivity (Wildman–Crippen MR) is 119 cm³/mol. The smallest absolute Gasteiger partial charge is 0.260 e. The molecule has 0 aliphatic carbocycles. The van der Waals surface area contributed by atoms with Gasteiger partial charge in [0.1, 0.15) is 11.3 Å². The molecule has 0 aliphatic heterocycles. The van der Waals surface area contributed by atoms with Crippen molar-refractivity contribution in [3.8, 4) is 11.5 Å². The van der Waals surface area contributed by atoms with Gasteiger partial charge in [0.15, 0.2) is 22.4 Å². The van der Waals surface area contributed by atoms with E-state index in [1.54, 1.807) is 18.2 Å². The molecule has 0 saturated carbocycles. The molecule has 0 saturated heterocycles. The van der Waals surface area contributed by atoms with E-state index in [2.05, 4.69) is 9.88 Å². The van der Waals surface area contributed by atoms with Crippen LogP contribution in [0.25, 0.3) is 10.2 Å². The molecule has 1 aromatic heterocycles. The second kappa shape index (κ2) is 10.0. The van der Waals surface area contributed by atoms with E-state index in [9.17, 15) is 13.6 Å². The van der Waals surface area contributed by atoms with Crippen LogP contribution in [0.3, 0.4) is 0 Å². The molecule has 0 spiro atoms. The molecule has 1 heterocycles. The van der Waals surface area contributed by atoms with E-state index < -0.39 is 11.6 Å². The average molecular weight is 450 g/mol. The topological polar surface area (TPSA) is 54.9 Å². The molecule has 0 N–H and O–H groups in total. The number of thiazole rings is 1. The summed E-state index contributed by atoms with van der Waals surface area (Å²) in [7, 11) is 3.01. The number of fused-ring (bicyclic) bond motifs is 1. The number of anilines is 1. The lowest BCUT2D eigenvalue weighted by Crippen LogP contribution is -2.38. The third-order valence-electron chi connectivity index (χ3n) is 5.04. The maximum Gasteiger partial charge on any atom is 0.260 e. The van der Waals surface area contributed by atoms with Crippen LogP contribution >= 0.6 is 11.3 Å². The maximum absolute atomic E-state index is 14.2. The summed E-state index contributed by atoms with van der Waals surface area (Å²) in [5, 5.41) is 0.312. The zero-order valence-electron chi connectivity index (χ0n) is 17.9. The van der Waals surface area contributed by atoms with Crippen LogP contribution in [0.1, 0.15) is 24.2 Å². The van der Waals surface area contributed by atoms with Gasteiger partial charge in [-0.05, 0) is 37.4 Å². The highest BCUT2D eigenvalue weighted by Gasteiger charge is 2.24.